The van der Waals surface area contributed by atoms with Gasteiger partial charge in [0.2, 0.25) is 5.91 Å². The van der Waals surface area contributed by atoms with E-state index in [1.54, 1.807) is 19.2 Å². The molecule has 98 valence electrons. The van der Waals surface area contributed by atoms with Crippen LogP contribution in [0.5, 0.6) is 0 Å². The van der Waals surface area contributed by atoms with E-state index in [0.717, 1.165) is 5.82 Å². The second-order valence-electron chi connectivity index (χ2n) is 4.97. The van der Waals surface area contributed by atoms with Crippen LogP contribution in [0.25, 0.3) is 0 Å². The molecule has 1 amide bonds. The van der Waals surface area contributed by atoms with Crippen LogP contribution in [0.4, 0.5) is 11.5 Å². The summed E-state index contributed by atoms with van der Waals surface area (Å²) in [5, 5.41) is 2.78. The lowest BCUT2D eigenvalue weighted by Crippen LogP contribution is -2.26. The van der Waals surface area contributed by atoms with E-state index in [0.29, 0.717) is 12.1 Å². The van der Waals surface area contributed by atoms with Gasteiger partial charge in [-0.1, -0.05) is 0 Å². The molecule has 1 aromatic heterocycles. The zero-order chi connectivity index (χ0) is 13.6. The molecule has 0 aliphatic heterocycles. The van der Waals surface area contributed by atoms with Crippen molar-refractivity contribution in [3.05, 3.63) is 18.3 Å². The van der Waals surface area contributed by atoms with Crippen LogP contribution < -0.4 is 10.2 Å². The minimum absolute atomic E-state index is 0.174. The molecule has 1 aliphatic rings. The van der Waals surface area contributed by atoms with Crippen molar-refractivity contribution in [2.45, 2.75) is 17.7 Å². The number of nitrogens with one attached hydrogen (secondary N) is 1. The average Bonchev–Trinajstić information content (AvgIpc) is 2.80. The molecule has 1 atom stereocenters. The summed E-state index contributed by atoms with van der Waals surface area (Å²) < 4.78 is -0.950. The van der Waals surface area contributed by atoms with Crippen LogP contribution in [0.3, 0.4) is 0 Å². The molecule has 0 radical (unpaired) electrons. The highest BCUT2D eigenvalue weighted by molar-refractivity contribution is 6.53. The van der Waals surface area contributed by atoms with Crippen molar-refractivity contribution in [3.63, 3.8) is 0 Å². The highest BCUT2D eigenvalue weighted by atomic mass is 35.5. The van der Waals surface area contributed by atoms with E-state index in [-0.39, 0.29) is 5.91 Å². The molecule has 0 saturated heterocycles. The predicted octanol–water partition coefficient (Wildman–Crippen LogP) is 2.67. The fourth-order valence-electron chi connectivity index (χ4n) is 1.64. The number of aromatic nitrogens is 1. The number of halogens is 2. The molecule has 1 saturated carbocycles. The Bertz CT molecular complexity index is 473. The lowest BCUT2D eigenvalue weighted by atomic mass is 10.1. The van der Waals surface area contributed by atoms with Crippen molar-refractivity contribution < 1.29 is 4.79 Å². The number of hydrogen-bond donors (Lipinski definition) is 1. The number of nitrogens with zero attached hydrogens (tertiary/aromatic N) is 2. The van der Waals surface area contributed by atoms with E-state index >= 15 is 0 Å². The number of carbonyl (C=O) groups is 1. The molecule has 1 aliphatic carbocycles. The van der Waals surface area contributed by atoms with E-state index in [9.17, 15) is 4.79 Å². The molecule has 1 fully saturated rings. The van der Waals surface area contributed by atoms with Gasteiger partial charge in [0, 0.05) is 14.1 Å². The van der Waals surface area contributed by atoms with Crippen molar-refractivity contribution >= 4 is 40.6 Å². The topological polar surface area (TPSA) is 45.2 Å². The second kappa shape index (κ2) is 4.28. The Balaban J connectivity index is 2.05. The highest BCUT2D eigenvalue weighted by Gasteiger charge is 2.67. The molecule has 0 unspecified atom stereocenters. The fraction of sp³-hybridized carbons (Fsp3) is 0.500. The summed E-state index contributed by atoms with van der Waals surface area (Å²) in [5.41, 5.74) is -0.0704. The van der Waals surface area contributed by atoms with Crippen molar-refractivity contribution in [1.82, 2.24) is 4.98 Å². The van der Waals surface area contributed by atoms with Gasteiger partial charge in [-0.25, -0.2) is 4.98 Å². The molecule has 6 heteroatoms. The first-order chi connectivity index (χ1) is 8.26. The number of alkyl halides is 2. The van der Waals surface area contributed by atoms with Crippen molar-refractivity contribution in [3.8, 4) is 0 Å². The molecule has 18 heavy (non-hydrogen) atoms. The number of carbonyl (C=O) groups excluding carboxylic acids is 1. The molecule has 0 spiro atoms. The van der Waals surface area contributed by atoms with Gasteiger partial charge in [-0.05, 0) is 25.5 Å². The lowest BCUT2D eigenvalue weighted by molar-refractivity contribution is -0.120. The molecule has 0 bridgehead atoms. The van der Waals surface area contributed by atoms with Crippen molar-refractivity contribution in [1.29, 1.82) is 0 Å². The number of rotatable bonds is 3. The van der Waals surface area contributed by atoms with Gasteiger partial charge in [-0.15, -0.1) is 23.2 Å². The van der Waals surface area contributed by atoms with E-state index < -0.39 is 9.75 Å². The molecule has 1 heterocycles. The normalized spacial score (nSPS) is 24.5. The SMILES string of the molecule is CN(C)c1ccc(NC(=O)[C@]2(C)CC2(Cl)Cl)cn1. The fourth-order valence-corrected chi connectivity index (χ4v) is 2.35. The van der Waals surface area contributed by atoms with Crippen LogP contribution in [0.15, 0.2) is 18.3 Å². The molecule has 1 N–H and O–H groups in total. The number of pyridine rings is 1. The molecular weight excluding hydrogens is 273 g/mol. The van der Waals surface area contributed by atoms with E-state index in [1.807, 2.05) is 25.1 Å². The Hall–Kier alpha value is -1.00. The Morgan fingerprint density at radius 3 is 2.44 bits per heavy atom. The summed E-state index contributed by atoms with van der Waals surface area (Å²) in [6, 6.07) is 3.63. The first-order valence-corrected chi connectivity index (χ1v) is 6.34. The number of amides is 1. The van der Waals surface area contributed by atoms with E-state index in [2.05, 4.69) is 10.3 Å². The van der Waals surface area contributed by atoms with Gasteiger partial charge in [-0.2, -0.15) is 0 Å². The van der Waals surface area contributed by atoms with Crippen LogP contribution in [-0.4, -0.2) is 29.3 Å². The van der Waals surface area contributed by atoms with Crippen molar-refractivity contribution in [2.24, 2.45) is 5.41 Å². The number of anilines is 2. The third-order valence-corrected chi connectivity index (χ3v) is 4.32. The zero-order valence-electron chi connectivity index (χ0n) is 10.5. The Morgan fingerprint density at radius 1 is 1.44 bits per heavy atom. The Labute approximate surface area is 116 Å². The van der Waals surface area contributed by atoms with E-state index in [4.69, 9.17) is 23.2 Å². The van der Waals surface area contributed by atoms with Crippen LogP contribution in [0.2, 0.25) is 0 Å². The summed E-state index contributed by atoms with van der Waals surface area (Å²) in [5.74, 6) is 0.654. The maximum atomic E-state index is 12.0. The minimum Gasteiger partial charge on any atom is -0.363 e. The summed E-state index contributed by atoms with van der Waals surface area (Å²) in [7, 11) is 3.81. The maximum absolute atomic E-state index is 12.0. The molecular formula is C12H15Cl2N3O. The molecule has 2 rings (SSSR count). The van der Waals surface area contributed by atoms with Crippen LogP contribution in [-0.2, 0) is 4.79 Å². The standard InChI is InChI=1S/C12H15Cl2N3O/c1-11(7-12(11,13)14)10(18)16-8-4-5-9(15-6-8)17(2)3/h4-6H,7H2,1-3H3,(H,16,18)/t11-/m0/s1. The van der Waals surface area contributed by atoms with Gasteiger partial charge in [-0.3, -0.25) is 4.79 Å². The first-order valence-electron chi connectivity index (χ1n) is 5.59. The zero-order valence-corrected chi connectivity index (χ0v) is 12.0. The van der Waals surface area contributed by atoms with Gasteiger partial charge >= 0.3 is 0 Å². The maximum Gasteiger partial charge on any atom is 0.233 e. The number of hydrogen-bond acceptors (Lipinski definition) is 3. The molecule has 0 aromatic carbocycles. The Kier molecular flexibility index (Phi) is 3.19. The molecule has 1 aromatic rings. The first kappa shape index (κ1) is 13.4. The van der Waals surface area contributed by atoms with Crippen LogP contribution >= 0.6 is 23.2 Å². The third-order valence-electron chi connectivity index (χ3n) is 3.22. The summed E-state index contributed by atoms with van der Waals surface area (Å²) in [6.07, 6.45) is 2.08. The van der Waals surface area contributed by atoms with Gasteiger partial charge in [0.15, 0.2) is 0 Å². The summed E-state index contributed by atoms with van der Waals surface area (Å²) >= 11 is 11.9. The summed E-state index contributed by atoms with van der Waals surface area (Å²) in [4.78, 5) is 18.1. The monoisotopic (exact) mass is 287 g/mol. The van der Waals surface area contributed by atoms with E-state index in [1.165, 1.54) is 0 Å². The third kappa shape index (κ3) is 2.27. The molecule has 4 nitrogen and oxygen atoms in total. The average molecular weight is 288 g/mol. The Morgan fingerprint density at radius 2 is 2.06 bits per heavy atom. The van der Waals surface area contributed by atoms with Crippen LogP contribution in [0.1, 0.15) is 13.3 Å². The summed E-state index contributed by atoms with van der Waals surface area (Å²) in [6.45, 7) is 1.75. The minimum atomic E-state index is -0.950. The van der Waals surface area contributed by atoms with Crippen LogP contribution in [0, 0.1) is 5.41 Å². The largest absolute Gasteiger partial charge is 0.363 e. The van der Waals surface area contributed by atoms with Gasteiger partial charge in [0.1, 0.15) is 10.2 Å². The lowest BCUT2D eigenvalue weighted by Gasteiger charge is -2.14. The predicted molar refractivity (Wildman–Crippen MR) is 74.4 cm³/mol. The van der Waals surface area contributed by atoms with Gasteiger partial charge < -0.3 is 10.2 Å². The van der Waals surface area contributed by atoms with Gasteiger partial charge in [0.05, 0.1) is 17.3 Å². The quantitative estimate of drug-likeness (QED) is 0.870. The highest BCUT2D eigenvalue weighted by Crippen LogP contribution is 2.64. The second-order valence-corrected chi connectivity index (χ2v) is 6.45. The smallest absolute Gasteiger partial charge is 0.233 e. The van der Waals surface area contributed by atoms with Gasteiger partial charge in [0.25, 0.3) is 0 Å². The van der Waals surface area contributed by atoms with Crippen molar-refractivity contribution in [2.75, 3.05) is 24.3 Å².